The van der Waals surface area contributed by atoms with E-state index < -0.39 is 19.0 Å². The van der Waals surface area contributed by atoms with Gasteiger partial charge in [-0.25, -0.2) is 4.79 Å². The van der Waals surface area contributed by atoms with Crippen LogP contribution in [-0.2, 0) is 19.5 Å². The van der Waals surface area contributed by atoms with Crippen LogP contribution in [0, 0.1) is 0 Å². The molecule has 0 aromatic heterocycles. The van der Waals surface area contributed by atoms with E-state index >= 15 is 0 Å². The second-order valence-corrected chi connectivity index (χ2v) is 5.95. The maximum atomic E-state index is 11.3. The van der Waals surface area contributed by atoms with Gasteiger partial charge in [-0.15, -0.1) is 0 Å². The molecule has 0 spiro atoms. The minimum absolute atomic E-state index is 0.0488. The first kappa shape index (κ1) is 17.3. The van der Waals surface area contributed by atoms with Crippen LogP contribution < -0.4 is 21.4 Å². The van der Waals surface area contributed by atoms with E-state index in [1.165, 1.54) is 6.07 Å². The zero-order chi connectivity index (χ0) is 18.0. The van der Waals surface area contributed by atoms with Gasteiger partial charge in [-0.3, -0.25) is 0 Å². The maximum absolute atomic E-state index is 11.3. The molecule has 0 amide bonds. The van der Waals surface area contributed by atoms with Crippen molar-refractivity contribution in [3.63, 3.8) is 0 Å². The Balaban J connectivity index is 1.83. The maximum Gasteiger partial charge on any atom is 0.546 e. The molecular weight excluding hydrogens is 321 g/mol. The molecule has 1 aliphatic rings. The lowest BCUT2D eigenvalue weighted by Crippen LogP contribution is -2.47. The summed E-state index contributed by atoms with van der Waals surface area (Å²) in [5, 5.41) is 22.8. The van der Waals surface area contributed by atoms with Crippen molar-refractivity contribution in [2.45, 2.75) is 25.5 Å². The molecular formula is C17H20BN3O4. The van der Waals surface area contributed by atoms with Crippen molar-refractivity contribution in [3.8, 4) is 5.75 Å². The second kappa shape index (κ2) is 7.14. The highest BCUT2D eigenvalue weighted by atomic mass is 16.5. The predicted octanol–water partition coefficient (Wildman–Crippen LogP) is 0.737. The Morgan fingerprint density at radius 2 is 2.00 bits per heavy atom. The molecule has 7 nitrogen and oxygen atoms in total. The summed E-state index contributed by atoms with van der Waals surface area (Å²) in [7, 11) is -1.16. The first-order valence-electron chi connectivity index (χ1n) is 8.02. The lowest BCUT2D eigenvalue weighted by atomic mass is 9.72. The van der Waals surface area contributed by atoms with Gasteiger partial charge in [0.2, 0.25) is 0 Å². The average molecular weight is 341 g/mol. The van der Waals surface area contributed by atoms with E-state index in [1.807, 2.05) is 18.2 Å². The van der Waals surface area contributed by atoms with Gasteiger partial charge in [-0.1, -0.05) is 18.2 Å². The van der Waals surface area contributed by atoms with Gasteiger partial charge in [0, 0.05) is 18.8 Å². The van der Waals surface area contributed by atoms with Crippen molar-refractivity contribution in [3.05, 3.63) is 58.7 Å². The molecule has 8 heteroatoms. The zero-order valence-electron chi connectivity index (χ0n) is 13.6. The molecule has 0 fully saturated rings. The third-order valence-electron chi connectivity index (χ3n) is 4.35. The molecule has 0 aliphatic carbocycles. The summed E-state index contributed by atoms with van der Waals surface area (Å²) in [5.41, 5.74) is 14.9. The van der Waals surface area contributed by atoms with E-state index in [1.54, 1.807) is 12.1 Å². The molecule has 130 valence electrons. The van der Waals surface area contributed by atoms with Crippen LogP contribution >= 0.6 is 0 Å². The molecule has 1 heterocycles. The molecule has 7 N–H and O–H groups in total. The van der Waals surface area contributed by atoms with Gasteiger partial charge in [-0.05, 0) is 41.3 Å². The third-order valence-corrected chi connectivity index (χ3v) is 4.35. The minimum atomic E-state index is -1.16. The number of hydrogen-bond acceptors (Lipinski definition) is 6. The van der Waals surface area contributed by atoms with Crippen molar-refractivity contribution in [2.24, 2.45) is 11.5 Å². The lowest BCUT2D eigenvalue weighted by Gasteiger charge is -2.29. The summed E-state index contributed by atoms with van der Waals surface area (Å²) in [6.45, 7) is 0.782. The van der Waals surface area contributed by atoms with Crippen LogP contribution in [0.15, 0.2) is 36.4 Å². The average Bonchev–Trinajstić information content (AvgIpc) is 2.61. The summed E-state index contributed by atoms with van der Waals surface area (Å²) in [4.78, 5) is 11.3. The highest BCUT2D eigenvalue weighted by molar-refractivity contribution is 6.47. The number of aromatic carboxylic acids is 1. The standard InChI is InChI=1S/C17H20BN3O4/c19-8-11-4-5-13(6-12(11)9-20)21-15-7-10-2-1-3-14(17(22)23)16(10)25-18(15)24/h1-6,15,21,24H,7-9,19-20H2,(H,22,23)/t15-/m0/s1. The molecule has 25 heavy (non-hydrogen) atoms. The van der Waals surface area contributed by atoms with E-state index in [-0.39, 0.29) is 11.3 Å². The Morgan fingerprint density at radius 3 is 2.68 bits per heavy atom. The highest BCUT2D eigenvalue weighted by Crippen LogP contribution is 2.31. The molecule has 2 aromatic rings. The van der Waals surface area contributed by atoms with Gasteiger partial charge in [0.1, 0.15) is 5.75 Å². The summed E-state index contributed by atoms with van der Waals surface area (Å²) < 4.78 is 5.48. The summed E-state index contributed by atoms with van der Waals surface area (Å²) >= 11 is 0. The van der Waals surface area contributed by atoms with Crippen LogP contribution in [0.3, 0.4) is 0 Å². The number of hydrogen-bond donors (Lipinski definition) is 5. The largest absolute Gasteiger partial charge is 0.546 e. The van der Waals surface area contributed by atoms with Gasteiger partial charge in [-0.2, -0.15) is 0 Å². The molecule has 0 saturated heterocycles. The van der Waals surface area contributed by atoms with Crippen molar-refractivity contribution in [1.82, 2.24) is 0 Å². The fraction of sp³-hybridized carbons (Fsp3) is 0.235. The Kier molecular flexibility index (Phi) is 4.94. The van der Waals surface area contributed by atoms with E-state index in [0.29, 0.717) is 19.5 Å². The fourth-order valence-electron chi connectivity index (χ4n) is 3.04. The fourth-order valence-corrected chi connectivity index (χ4v) is 3.04. The SMILES string of the molecule is NCc1ccc(N[C@H]2Cc3cccc(C(=O)O)c3OB2O)cc1CN. The normalized spacial score (nSPS) is 16.1. The molecule has 2 aromatic carbocycles. The highest BCUT2D eigenvalue weighted by Gasteiger charge is 2.36. The Morgan fingerprint density at radius 1 is 1.24 bits per heavy atom. The topological polar surface area (TPSA) is 131 Å². The van der Waals surface area contributed by atoms with E-state index in [9.17, 15) is 14.9 Å². The number of para-hydroxylation sites is 1. The Hall–Kier alpha value is -2.55. The number of anilines is 1. The van der Waals surface area contributed by atoms with Crippen molar-refractivity contribution >= 4 is 18.8 Å². The number of nitrogens with one attached hydrogen (secondary N) is 1. The van der Waals surface area contributed by atoms with Crippen LogP contribution in [0.25, 0.3) is 0 Å². The number of rotatable bonds is 5. The van der Waals surface area contributed by atoms with Gasteiger partial charge >= 0.3 is 13.1 Å². The Labute approximate surface area is 145 Å². The van der Waals surface area contributed by atoms with E-state index in [4.69, 9.17) is 16.1 Å². The molecule has 0 bridgehead atoms. The predicted molar refractivity (Wildman–Crippen MR) is 95.3 cm³/mol. The first-order chi connectivity index (χ1) is 12.0. The van der Waals surface area contributed by atoms with Gasteiger partial charge in [0.05, 0.1) is 11.5 Å². The van der Waals surface area contributed by atoms with Crippen molar-refractivity contribution < 1.29 is 19.6 Å². The van der Waals surface area contributed by atoms with Gasteiger partial charge in [0.15, 0.2) is 0 Å². The van der Waals surface area contributed by atoms with Gasteiger partial charge in [0.25, 0.3) is 0 Å². The zero-order valence-corrected chi connectivity index (χ0v) is 13.6. The molecule has 1 aliphatic heterocycles. The van der Waals surface area contributed by atoms with Crippen LogP contribution in [0.5, 0.6) is 5.75 Å². The molecule has 0 unspecified atom stereocenters. The number of benzene rings is 2. The van der Waals surface area contributed by atoms with Crippen molar-refractivity contribution in [2.75, 3.05) is 5.32 Å². The number of carbonyl (C=O) groups is 1. The van der Waals surface area contributed by atoms with Crippen LogP contribution in [0.1, 0.15) is 27.0 Å². The summed E-state index contributed by atoms with van der Waals surface area (Å²) in [6, 6.07) is 10.6. The third kappa shape index (κ3) is 3.46. The van der Waals surface area contributed by atoms with E-state index in [2.05, 4.69) is 5.32 Å². The smallest absolute Gasteiger partial charge is 0.534 e. The quantitative estimate of drug-likeness (QED) is 0.507. The molecule has 0 saturated carbocycles. The first-order valence-corrected chi connectivity index (χ1v) is 8.02. The van der Waals surface area contributed by atoms with Crippen molar-refractivity contribution in [1.29, 1.82) is 0 Å². The monoisotopic (exact) mass is 341 g/mol. The number of carboxylic acid groups (broad SMARTS) is 1. The minimum Gasteiger partial charge on any atom is -0.534 e. The van der Waals surface area contributed by atoms with Crippen LogP contribution in [-0.4, -0.2) is 29.2 Å². The van der Waals surface area contributed by atoms with Crippen LogP contribution in [0.2, 0.25) is 0 Å². The molecule has 0 radical (unpaired) electrons. The summed E-state index contributed by atoms with van der Waals surface area (Å²) in [6.07, 6.45) is 0.439. The second-order valence-electron chi connectivity index (χ2n) is 5.95. The number of carboxylic acids is 1. The van der Waals surface area contributed by atoms with Crippen LogP contribution in [0.4, 0.5) is 5.69 Å². The Bertz CT molecular complexity index is 799. The number of fused-ring (bicyclic) bond motifs is 1. The lowest BCUT2D eigenvalue weighted by molar-refractivity contribution is 0.0694. The molecule has 3 rings (SSSR count). The van der Waals surface area contributed by atoms with Gasteiger partial charge < -0.3 is 31.6 Å². The van der Waals surface area contributed by atoms with E-state index in [0.717, 1.165) is 22.4 Å². The summed E-state index contributed by atoms with van der Waals surface area (Å²) in [5.74, 6) is -1.27. The molecule has 1 atom stereocenters. The number of nitrogens with two attached hydrogens (primary N) is 2.